The van der Waals surface area contributed by atoms with Crippen LogP contribution >= 0.6 is 0 Å². The van der Waals surface area contributed by atoms with E-state index < -0.39 is 0 Å². The van der Waals surface area contributed by atoms with Crippen molar-refractivity contribution in [3.63, 3.8) is 0 Å². The van der Waals surface area contributed by atoms with Gasteiger partial charge in [0.2, 0.25) is 0 Å². The Balaban J connectivity index is 0.000000545. The molecule has 266 valence electrons. The Hall–Kier alpha value is -2.91. The average molecular weight is 698 g/mol. The number of aryl methyl sites for hydroxylation is 2. The molecule has 0 heterocycles. The first-order valence-electron chi connectivity index (χ1n) is 18.8. The summed E-state index contributed by atoms with van der Waals surface area (Å²) in [5.41, 5.74) is 6.17. The van der Waals surface area contributed by atoms with E-state index >= 15 is 0 Å². The maximum Gasteiger partial charge on any atom is 2.00 e. The summed E-state index contributed by atoms with van der Waals surface area (Å²) in [6.45, 7) is 8.80. The van der Waals surface area contributed by atoms with Crippen molar-refractivity contribution in [2.45, 2.75) is 150 Å². The van der Waals surface area contributed by atoms with E-state index in [4.69, 9.17) is 9.98 Å². The molecule has 0 atom stereocenters. The first-order valence-corrected chi connectivity index (χ1v) is 18.8. The van der Waals surface area contributed by atoms with Crippen LogP contribution in [0.3, 0.4) is 0 Å². The predicted octanol–water partition coefficient (Wildman–Crippen LogP) is 12.2. The zero-order valence-electron chi connectivity index (χ0n) is 30.4. The van der Waals surface area contributed by atoms with Gasteiger partial charge in [0.05, 0.1) is 22.8 Å². The van der Waals surface area contributed by atoms with Crippen molar-refractivity contribution in [3.8, 4) is 11.5 Å². The zero-order chi connectivity index (χ0) is 34.0. The second-order valence-corrected chi connectivity index (χ2v) is 12.8. The van der Waals surface area contributed by atoms with Gasteiger partial charge in [0.1, 0.15) is 0 Å². The van der Waals surface area contributed by atoms with Crippen molar-refractivity contribution in [1.29, 1.82) is 0 Å². The number of aliphatic imine (C=N–C) groups is 2. The molecule has 5 heteroatoms. The summed E-state index contributed by atoms with van der Waals surface area (Å²) in [6, 6.07) is 24.2. The third kappa shape index (κ3) is 18.6. The number of para-hydroxylation sites is 2. The molecule has 0 fully saturated rings. The number of benzene rings is 3. The minimum absolute atomic E-state index is 0. The first kappa shape index (κ1) is 43.1. The summed E-state index contributed by atoms with van der Waals surface area (Å²) in [5, 5.41) is 23.2. The minimum atomic E-state index is -0.329. The first-order chi connectivity index (χ1) is 23.0. The molecular weight excluding hydrogens is 635 g/mol. The summed E-state index contributed by atoms with van der Waals surface area (Å²) in [4.78, 5) is 10.1. The minimum Gasteiger partial charge on any atom is -0.873 e. The van der Waals surface area contributed by atoms with Gasteiger partial charge in [-0.25, -0.2) is 0 Å². The Morgan fingerprint density at radius 1 is 0.500 bits per heavy atom. The standard InChI is InChI=1S/C28H40N2.C15H24O2.Ni/c1-3-5-7-9-10-18-24-28(30-26-21-15-12-16-22-26)27(23-17-8-6-4-2)29-25-19-13-11-14-20-25;1-3-5-7-9-13-10-12(8-6-4-2)11-14(16)15(13)17;/h11-16,19-22H,3-10,17-18,23-24H2,1-2H3;10-11,16-17H,3-9H2,1-2H3;/q;;+2/p-2. The van der Waals surface area contributed by atoms with Gasteiger partial charge in [-0.2, -0.15) is 0 Å². The normalized spacial score (nSPS) is 11.5. The molecule has 0 spiro atoms. The quantitative estimate of drug-likeness (QED) is 0.0596. The van der Waals surface area contributed by atoms with Crippen LogP contribution in [0.2, 0.25) is 0 Å². The van der Waals surface area contributed by atoms with Gasteiger partial charge in [-0.15, -0.1) is 11.5 Å². The largest absolute Gasteiger partial charge is 2.00 e. The fourth-order valence-corrected chi connectivity index (χ4v) is 5.64. The molecule has 3 aromatic carbocycles. The van der Waals surface area contributed by atoms with Gasteiger partial charge in [-0.3, -0.25) is 9.98 Å². The van der Waals surface area contributed by atoms with Crippen LogP contribution in [0, 0.1) is 0 Å². The molecule has 0 bridgehead atoms. The molecule has 0 aliphatic heterocycles. The summed E-state index contributed by atoms with van der Waals surface area (Å²) in [5.74, 6) is -0.619. The summed E-state index contributed by atoms with van der Waals surface area (Å²) in [7, 11) is 0. The van der Waals surface area contributed by atoms with Gasteiger partial charge in [0, 0.05) is 0 Å². The molecule has 0 saturated carbocycles. The average Bonchev–Trinajstić information content (AvgIpc) is 3.09. The van der Waals surface area contributed by atoms with Gasteiger partial charge in [-0.05, 0) is 81.2 Å². The molecular formula is C43H62N2NiO2. The third-order valence-electron chi connectivity index (χ3n) is 8.47. The van der Waals surface area contributed by atoms with Crippen molar-refractivity contribution in [1.82, 2.24) is 0 Å². The predicted molar refractivity (Wildman–Crippen MR) is 201 cm³/mol. The van der Waals surface area contributed by atoms with Crippen LogP contribution in [-0.4, -0.2) is 11.4 Å². The van der Waals surface area contributed by atoms with E-state index in [-0.39, 0.29) is 28.0 Å². The molecule has 0 N–H and O–H groups in total. The number of rotatable bonds is 22. The summed E-state index contributed by atoms with van der Waals surface area (Å²) in [6.07, 6.45) is 21.9. The molecule has 0 aliphatic carbocycles. The van der Waals surface area contributed by atoms with Gasteiger partial charge < -0.3 is 10.2 Å². The summed E-state index contributed by atoms with van der Waals surface area (Å²) >= 11 is 0. The van der Waals surface area contributed by atoms with Gasteiger partial charge in [0.15, 0.2) is 0 Å². The van der Waals surface area contributed by atoms with E-state index in [0.29, 0.717) is 0 Å². The Morgan fingerprint density at radius 3 is 1.44 bits per heavy atom. The van der Waals surface area contributed by atoms with Crippen LogP contribution in [0.25, 0.3) is 0 Å². The Bertz CT molecular complexity index is 1270. The van der Waals surface area contributed by atoms with Crippen molar-refractivity contribution < 1.29 is 26.7 Å². The van der Waals surface area contributed by atoms with E-state index in [2.05, 4.69) is 88.4 Å². The Labute approximate surface area is 303 Å². The van der Waals surface area contributed by atoms with E-state index in [1.54, 1.807) is 0 Å². The molecule has 0 saturated heterocycles. The van der Waals surface area contributed by atoms with E-state index in [0.717, 1.165) is 80.3 Å². The van der Waals surface area contributed by atoms with Gasteiger partial charge in [0.25, 0.3) is 0 Å². The van der Waals surface area contributed by atoms with E-state index in [1.165, 1.54) is 81.7 Å². The maximum absolute atomic E-state index is 11.7. The van der Waals surface area contributed by atoms with Gasteiger partial charge in [-0.1, -0.05) is 152 Å². The molecule has 0 radical (unpaired) electrons. The van der Waals surface area contributed by atoms with Crippen LogP contribution in [0.4, 0.5) is 11.4 Å². The fraction of sp³-hybridized carbons (Fsp3) is 0.535. The van der Waals surface area contributed by atoms with Crippen LogP contribution < -0.4 is 10.2 Å². The van der Waals surface area contributed by atoms with Crippen molar-refractivity contribution in [2.24, 2.45) is 9.98 Å². The fourth-order valence-electron chi connectivity index (χ4n) is 5.64. The molecule has 0 unspecified atom stereocenters. The van der Waals surface area contributed by atoms with Crippen molar-refractivity contribution >= 4 is 22.8 Å². The topological polar surface area (TPSA) is 70.8 Å². The van der Waals surface area contributed by atoms with Crippen LogP contribution in [0.1, 0.15) is 148 Å². The van der Waals surface area contributed by atoms with E-state index in [1.807, 2.05) is 6.07 Å². The SMILES string of the molecule is CCCCCCCCC(=Nc1ccccc1)C(CCCCCC)=Nc1ccccc1.CCCCCc1cc(CCCC)cc([O-])c1[O-].[Ni+2]. The van der Waals surface area contributed by atoms with Crippen molar-refractivity contribution in [3.05, 3.63) is 83.9 Å². The molecule has 0 aromatic heterocycles. The van der Waals surface area contributed by atoms with Crippen LogP contribution in [-0.2, 0) is 29.3 Å². The second-order valence-electron chi connectivity index (χ2n) is 12.8. The number of unbranched alkanes of at least 4 members (excludes halogenated alkanes) is 11. The number of hydrogen-bond acceptors (Lipinski definition) is 4. The second kappa shape index (κ2) is 28.0. The number of nitrogens with zero attached hydrogens (tertiary/aromatic N) is 2. The molecule has 3 rings (SSSR count). The van der Waals surface area contributed by atoms with Crippen molar-refractivity contribution in [2.75, 3.05) is 0 Å². The Kier molecular flexibility index (Phi) is 25.1. The third-order valence-corrected chi connectivity index (χ3v) is 8.47. The molecule has 0 amide bonds. The summed E-state index contributed by atoms with van der Waals surface area (Å²) < 4.78 is 0. The molecule has 48 heavy (non-hydrogen) atoms. The molecule has 4 nitrogen and oxygen atoms in total. The van der Waals surface area contributed by atoms with E-state index in [9.17, 15) is 10.2 Å². The van der Waals surface area contributed by atoms with Crippen LogP contribution in [0.5, 0.6) is 11.5 Å². The van der Waals surface area contributed by atoms with Gasteiger partial charge >= 0.3 is 16.5 Å². The monoisotopic (exact) mass is 696 g/mol. The van der Waals surface area contributed by atoms with Crippen LogP contribution in [0.15, 0.2) is 82.8 Å². The zero-order valence-corrected chi connectivity index (χ0v) is 31.4. The number of hydrogen-bond donors (Lipinski definition) is 0. The Morgan fingerprint density at radius 2 is 0.938 bits per heavy atom. The smallest absolute Gasteiger partial charge is 0.873 e. The molecule has 3 aromatic rings. The maximum atomic E-state index is 11.7. The molecule has 0 aliphatic rings.